The number of halogens is 3. The van der Waals surface area contributed by atoms with Gasteiger partial charge < -0.3 is 10.6 Å². The number of allylic oxidation sites excluding steroid dienone is 1. The van der Waals surface area contributed by atoms with E-state index in [0.717, 1.165) is 11.1 Å². The molecule has 0 aliphatic heterocycles. The number of carbonyl (C=O) groups excluding carboxylic acids is 1. The lowest BCUT2D eigenvalue weighted by Crippen LogP contribution is -2.13. The lowest BCUT2D eigenvalue weighted by Gasteiger charge is -2.14. The van der Waals surface area contributed by atoms with Gasteiger partial charge in [-0.25, -0.2) is 13.5 Å². The van der Waals surface area contributed by atoms with E-state index >= 15 is 0 Å². The van der Waals surface area contributed by atoms with Gasteiger partial charge in [-0.05, 0) is 54.5 Å². The molecule has 11 heteroatoms. The van der Waals surface area contributed by atoms with Crippen molar-refractivity contribution in [2.45, 2.75) is 26.4 Å². The van der Waals surface area contributed by atoms with E-state index in [0.29, 0.717) is 46.6 Å². The fourth-order valence-electron chi connectivity index (χ4n) is 3.85. The number of ketones is 1. The first-order chi connectivity index (χ1) is 18.4. The summed E-state index contributed by atoms with van der Waals surface area (Å²) in [5.41, 5.74) is 4.33. The van der Waals surface area contributed by atoms with E-state index in [1.807, 2.05) is 19.1 Å². The molecule has 0 aliphatic carbocycles. The fourth-order valence-corrected chi connectivity index (χ4v) is 4.03. The summed E-state index contributed by atoms with van der Waals surface area (Å²) >= 11 is 5.92. The van der Waals surface area contributed by atoms with Gasteiger partial charge in [-0.1, -0.05) is 22.9 Å². The summed E-state index contributed by atoms with van der Waals surface area (Å²) in [4.78, 5) is 17.1. The molecule has 0 amide bonds. The summed E-state index contributed by atoms with van der Waals surface area (Å²) < 4.78 is 27.4. The molecular weight excluding hydrogens is 511 g/mol. The van der Waals surface area contributed by atoms with Crippen LogP contribution < -0.4 is 10.6 Å². The number of aromatic nitrogens is 4. The molecule has 0 atom stereocenters. The largest absolute Gasteiger partial charge is 0.354 e. The highest BCUT2D eigenvalue weighted by atomic mass is 35.5. The zero-order chi connectivity index (χ0) is 27.1. The molecule has 2 heterocycles. The molecule has 0 saturated carbocycles. The topological polar surface area (TPSA) is 109 Å². The zero-order valence-electron chi connectivity index (χ0n) is 20.5. The highest BCUT2D eigenvalue weighted by Crippen LogP contribution is 2.32. The van der Waals surface area contributed by atoms with Crippen LogP contribution in [0.3, 0.4) is 0 Å². The van der Waals surface area contributed by atoms with Gasteiger partial charge in [0.15, 0.2) is 5.78 Å². The molecule has 0 fully saturated rings. The van der Waals surface area contributed by atoms with Gasteiger partial charge in [0.2, 0.25) is 0 Å². The molecule has 0 saturated heterocycles. The van der Waals surface area contributed by atoms with Crippen LogP contribution in [0.15, 0.2) is 54.9 Å². The Kier molecular flexibility index (Phi) is 8.73. The lowest BCUT2D eigenvalue weighted by atomic mass is 9.98. The summed E-state index contributed by atoms with van der Waals surface area (Å²) in [5.74, 6) is -0.634. The van der Waals surface area contributed by atoms with Crippen molar-refractivity contribution in [3.63, 3.8) is 0 Å². The van der Waals surface area contributed by atoms with Crippen LogP contribution >= 0.6 is 11.6 Å². The maximum Gasteiger partial charge on any atom is 0.159 e. The number of hydrogen-bond acceptors (Lipinski definition) is 7. The van der Waals surface area contributed by atoms with Gasteiger partial charge in [-0.2, -0.15) is 5.26 Å². The fraction of sp³-hybridized carbons (Fsp3) is 0.222. The van der Waals surface area contributed by atoms with E-state index < -0.39 is 12.5 Å². The van der Waals surface area contributed by atoms with Gasteiger partial charge in [0.05, 0.1) is 34.0 Å². The summed E-state index contributed by atoms with van der Waals surface area (Å²) in [5, 5.41) is 24.3. The number of nitrogens with one attached hydrogen (secondary N) is 2. The number of hydrogen-bond donors (Lipinski definition) is 2. The van der Waals surface area contributed by atoms with Crippen molar-refractivity contribution in [3.05, 3.63) is 88.1 Å². The number of nitrogens with zero attached hydrogens (tertiary/aromatic N) is 5. The van der Waals surface area contributed by atoms with Crippen molar-refractivity contribution in [1.82, 2.24) is 25.3 Å². The molecule has 2 aromatic heterocycles. The summed E-state index contributed by atoms with van der Waals surface area (Å²) in [7, 11) is 0. The molecule has 8 nitrogen and oxygen atoms in total. The zero-order valence-corrected chi connectivity index (χ0v) is 21.3. The van der Waals surface area contributed by atoms with Crippen LogP contribution in [0.4, 0.5) is 20.2 Å². The number of nitriles is 1. The molecule has 0 radical (unpaired) electrons. The number of aryl methyl sites for hydroxylation is 2. The van der Waals surface area contributed by atoms with Gasteiger partial charge in [-0.15, -0.1) is 5.10 Å². The SMILES string of the molecule is Cc1cc2ncc(C#N)c(Nc3ccc(F)c(Cl)c3)c2cc1CC(=O)/C=C/CNCc1cn(CC[18F])nn1. The Hall–Kier alpha value is -4.20. The highest BCUT2D eigenvalue weighted by molar-refractivity contribution is 6.31. The predicted molar refractivity (Wildman–Crippen MR) is 141 cm³/mol. The number of anilines is 2. The second-order valence-corrected chi connectivity index (χ2v) is 8.95. The Morgan fingerprint density at radius 1 is 1.29 bits per heavy atom. The molecule has 4 aromatic rings. The van der Waals surface area contributed by atoms with E-state index in [9.17, 15) is 18.8 Å². The molecule has 4 rings (SSSR count). The van der Waals surface area contributed by atoms with Crippen molar-refractivity contribution in [2.24, 2.45) is 0 Å². The first kappa shape index (κ1) is 26.9. The van der Waals surface area contributed by atoms with Gasteiger partial charge in [0.1, 0.15) is 18.6 Å². The smallest absolute Gasteiger partial charge is 0.159 e. The van der Waals surface area contributed by atoms with Gasteiger partial charge in [-0.3, -0.25) is 9.78 Å². The number of carbonyl (C=O) groups is 1. The Morgan fingerprint density at radius 2 is 2.13 bits per heavy atom. The predicted octanol–water partition coefficient (Wildman–Crippen LogP) is 4.97. The molecule has 194 valence electrons. The van der Waals surface area contributed by atoms with Crippen LogP contribution in [-0.2, 0) is 24.3 Å². The lowest BCUT2D eigenvalue weighted by molar-refractivity contribution is -0.114. The molecule has 0 spiro atoms. The normalized spacial score (nSPS) is 11.2. The monoisotopic (exact) mass is 534 g/mol. The van der Waals surface area contributed by atoms with Crippen LogP contribution in [0, 0.1) is 24.1 Å². The highest BCUT2D eigenvalue weighted by Gasteiger charge is 2.14. The van der Waals surface area contributed by atoms with Crippen LogP contribution in [0.25, 0.3) is 10.9 Å². The molecule has 0 aliphatic rings. The van der Waals surface area contributed by atoms with Crippen LogP contribution in [0.2, 0.25) is 5.02 Å². The second kappa shape index (κ2) is 12.4. The third-order valence-corrected chi connectivity index (χ3v) is 6.06. The number of pyridine rings is 1. The second-order valence-electron chi connectivity index (χ2n) is 8.55. The van der Waals surface area contributed by atoms with Gasteiger partial charge in [0.25, 0.3) is 0 Å². The number of rotatable bonds is 11. The Labute approximate surface area is 222 Å². The Morgan fingerprint density at radius 3 is 2.89 bits per heavy atom. The molecule has 38 heavy (non-hydrogen) atoms. The minimum Gasteiger partial charge on any atom is -0.354 e. The quantitative estimate of drug-likeness (QED) is 0.206. The minimum atomic E-state index is -0.543. The first-order valence-electron chi connectivity index (χ1n) is 11.8. The number of fused-ring (bicyclic) bond motifs is 1. The molecule has 0 unspecified atom stereocenters. The average molecular weight is 535 g/mol. The van der Waals surface area contributed by atoms with E-state index in [1.54, 1.807) is 12.3 Å². The standard InChI is InChI=1S/C27H24ClF2N7O/c1-17-9-26-23(27(19(13-31)14-33-26)34-20-4-5-25(30)24(28)12-20)11-18(17)10-22(38)3-2-7-32-15-21-16-37(8-6-29)36-35-21/h2-5,9,11-12,14,16,32H,6-8,10,15H2,1H3,(H,33,34)/b3-2+/i29-1. The summed E-state index contributed by atoms with van der Waals surface area (Å²) in [6, 6.07) is 10.0. The Balaban J connectivity index is 1.46. The maximum atomic E-state index is 13.6. The van der Waals surface area contributed by atoms with Crippen molar-refractivity contribution in [2.75, 3.05) is 18.5 Å². The van der Waals surface area contributed by atoms with Crippen molar-refractivity contribution in [3.8, 4) is 6.07 Å². The summed E-state index contributed by atoms with van der Waals surface area (Å²) in [6.45, 7) is 2.45. The van der Waals surface area contributed by atoms with E-state index in [2.05, 4.69) is 32.0 Å². The molecule has 2 N–H and O–H groups in total. The average Bonchev–Trinajstić information content (AvgIpc) is 3.34. The third kappa shape index (κ3) is 6.56. The minimum absolute atomic E-state index is 0.0431. The van der Waals surface area contributed by atoms with Gasteiger partial charge >= 0.3 is 0 Å². The Bertz CT molecular complexity index is 1540. The van der Waals surface area contributed by atoms with Crippen molar-refractivity contribution in [1.29, 1.82) is 5.26 Å². The van der Waals surface area contributed by atoms with Crippen LogP contribution in [0.1, 0.15) is 22.4 Å². The summed E-state index contributed by atoms with van der Waals surface area (Å²) in [6.07, 6.45) is 6.54. The van der Waals surface area contributed by atoms with E-state index in [-0.39, 0.29) is 23.8 Å². The van der Waals surface area contributed by atoms with Crippen LogP contribution in [-0.4, -0.2) is 39.0 Å². The maximum absolute atomic E-state index is 13.6. The third-order valence-electron chi connectivity index (χ3n) is 5.77. The molecular formula is C27H24ClF2N7O. The number of alkyl halides is 1. The van der Waals surface area contributed by atoms with Crippen LogP contribution in [0.5, 0.6) is 0 Å². The van der Waals surface area contributed by atoms with Crippen molar-refractivity contribution < 1.29 is 13.6 Å². The molecule has 0 bridgehead atoms. The molecule has 2 aromatic carbocycles. The number of benzene rings is 2. The van der Waals surface area contributed by atoms with E-state index in [4.69, 9.17) is 11.6 Å². The van der Waals surface area contributed by atoms with E-state index in [1.165, 1.54) is 35.2 Å². The van der Waals surface area contributed by atoms with Crippen molar-refractivity contribution >= 4 is 39.7 Å². The van der Waals surface area contributed by atoms with Gasteiger partial charge in [0, 0.05) is 43.0 Å². The first-order valence-corrected chi connectivity index (χ1v) is 12.1.